The molecule has 1 N–H and O–H groups in total. The van der Waals surface area contributed by atoms with Crippen LogP contribution in [0.5, 0.6) is 0 Å². The van der Waals surface area contributed by atoms with E-state index in [1.165, 1.54) is 18.9 Å². The number of piperazine rings is 1. The van der Waals surface area contributed by atoms with Gasteiger partial charge in [0.2, 0.25) is 11.8 Å². The first-order valence-electron chi connectivity index (χ1n) is 4.68. The van der Waals surface area contributed by atoms with Gasteiger partial charge in [-0.1, -0.05) is 0 Å². The Morgan fingerprint density at radius 3 is 2.80 bits per heavy atom. The van der Waals surface area contributed by atoms with E-state index in [0.717, 1.165) is 0 Å². The van der Waals surface area contributed by atoms with Crippen LogP contribution >= 0.6 is 0 Å². The monoisotopic (exact) mass is 214 g/mol. The molecule has 0 aromatic rings. The minimum Gasteiger partial charge on any atom is -0.469 e. The molecule has 1 rings (SSSR count). The lowest BCUT2D eigenvalue weighted by Gasteiger charge is -2.33. The van der Waals surface area contributed by atoms with E-state index in [9.17, 15) is 14.4 Å². The van der Waals surface area contributed by atoms with Gasteiger partial charge >= 0.3 is 5.97 Å². The van der Waals surface area contributed by atoms with E-state index in [1.54, 1.807) is 0 Å². The molecule has 6 nitrogen and oxygen atoms in total. The van der Waals surface area contributed by atoms with Crippen molar-refractivity contribution in [3.8, 4) is 0 Å². The van der Waals surface area contributed by atoms with Gasteiger partial charge in [-0.3, -0.25) is 14.4 Å². The Bertz CT molecular complexity index is 290. The van der Waals surface area contributed by atoms with Crippen LogP contribution in [0.25, 0.3) is 0 Å². The minimum absolute atomic E-state index is 0.0953. The third-order valence-corrected chi connectivity index (χ3v) is 2.32. The lowest BCUT2D eigenvalue weighted by atomic mass is 10.1. The first-order valence-corrected chi connectivity index (χ1v) is 4.68. The van der Waals surface area contributed by atoms with Gasteiger partial charge in [0.25, 0.3) is 0 Å². The molecule has 0 aliphatic carbocycles. The van der Waals surface area contributed by atoms with Crippen LogP contribution in [0.2, 0.25) is 0 Å². The van der Waals surface area contributed by atoms with E-state index in [-0.39, 0.29) is 18.2 Å². The zero-order valence-corrected chi connectivity index (χ0v) is 8.78. The van der Waals surface area contributed by atoms with Crippen molar-refractivity contribution >= 4 is 17.8 Å². The van der Waals surface area contributed by atoms with E-state index in [1.807, 2.05) is 0 Å². The molecule has 1 unspecified atom stereocenters. The Hall–Kier alpha value is -1.59. The number of methoxy groups -OCH3 is 1. The van der Waals surface area contributed by atoms with Gasteiger partial charge in [0, 0.05) is 20.0 Å². The summed E-state index contributed by atoms with van der Waals surface area (Å²) >= 11 is 0. The maximum Gasteiger partial charge on any atom is 0.308 e. The van der Waals surface area contributed by atoms with Crippen LogP contribution in [0, 0.1) is 0 Å². The van der Waals surface area contributed by atoms with Crippen molar-refractivity contribution in [3.05, 3.63) is 0 Å². The van der Waals surface area contributed by atoms with Crippen LogP contribution in [0.1, 0.15) is 13.3 Å². The molecule has 1 aliphatic rings. The normalized spacial score (nSPS) is 20.8. The average Bonchev–Trinajstić information content (AvgIpc) is 2.20. The number of rotatable bonds is 2. The number of carbonyl (C=O) groups is 3. The number of ether oxygens (including phenoxy) is 1. The van der Waals surface area contributed by atoms with E-state index in [2.05, 4.69) is 10.1 Å². The molecule has 84 valence electrons. The fourth-order valence-corrected chi connectivity index (χ4v) is 1.54. The predicted octanol–water partition coefficient (Wildman–Crippen LogP) is -1.10. The molecular formula is C9H14N2O4. The van der Waals surface area contributed by atoms with Gasteiger partial charge in [0.1, 0.15) is 6.04 Å². The average molecular weight is 214 g/mol. The summed E-state index contributed by atoms with van der Waals surface area (Å²) in [7, 11) is 1.25. The number of esters is 1. The molecular weight excluding hydrogens is 200 g/mol. The smallest absolute Gasteiger partial charge is 0.308 e. The van der Waals surface area contributed by atoms with Gasteiger partial charge in [0.15, 0.2) is 0 Å². The Labute approximate surface area is 87.6 Å². The van der Waals surface area contributed by atoms with Crippen LogP contribution in [-0.2, 0) is 19.1 Å². The van der Waals surface area contributed by atoms with Crippen molar-refractivity contribution < 1.29 is 19.1 Å². The van der Waals surface area contributed by atoms with Crippen LogP contribution in [-0.4, -0.2) is 48.9 Å². The van der Waals surface area contributed by atoms with Gasteiger partial charge in [-0.2, -0.15) is 0 Å². The number of hydrogen-bond donors (Lipinski definition) is 1. The summed E-state index contributed by atoms with van der Waals surface area (Å²) in [5.41, 5.74) is 0. The van der Waals surface area contributed by atoms with Crippen molar-refractivity contribution in [1.29, 1.82) is 0 Å². The highest BCUT2D eigenvalue weighted by Crippen LogP contribution is 2.09. The number of hydrogen-bond acceptors (Lipinski definition) is 4. The molecule has 0 aromatic heterocycles. The number of amides is 2. The largest absolute Gasteiger partial charge is 0.469 e. The number of carbonyl (C=O) groups excluding carboxylic acids is 3. The molecule has 0 aromatic carbocycles. The maximum absolute atomic E-state index is 11.4. The maximum atomic E-state index is 11.4. The summed E-state index contributed by atoms with van der Waals surface area (Å²) in [5, 5.41) is 2.61. The molecule has 0 spiro atoms. The zero-order valence-electron chi connectivity index (χ0n) is 8.78. The van der Waals surface area contributed by atoms with Gasteiger partial charge in [-0.05, 0) is 0 Å². The van der Waals surface area contributed by atoms with Crippen molar-refractivity contribution in [3.63, 3.8) is 0 Å². The molecule has 1 saturated heterocycles. The molecule has 2 amide bonds. The molecule has 1 atom stereocenters. The first kappa shape index (κ1) is 11.5. The van der Waals surface area contributed by atoms with E-state index in [4.69, 9.17) is 0 Å². The van der Waals surface area contributed by atoms with Crippen molar-refractivity contribution in [1.82, 2.24) is 10.2 Å². The lowest BCUT2D eigenvalue weighted by molar-refractivity contribution is -0.149. The van der Waals surface area contributed by atoms with Crippen LogP contribution in [0.3, 0.4) is 0 Å². The van der Waals surface area contributed by atoms with E-state index in [0.29, 0.717) is 13.1 Å². The Morgan fingerprint density at radius 2 is 2.27 bits per heavy atom. The Morgan fingerprint density at radius 1 is 1.60 bits per heavy atom. The summed E-state index contributed by atoms with van der Waals surface area (Å²) < 4.78 is 4.47. The highest BCUT2D eigenvalue weighted by molar-refractivity contribution is 5.91. The van der Waals surface area contributed by atoms with E-state index < -0.39 is 12.0 Å². The highest BCUT2D eigenvalue weighted by Gasteiger charge is 2.33. The van der Waals surface area contributed by atoms with E-state index >= 15 is 0 Å². The SMILES string of the molecule is COC(=O)CC1C(=O)NCCN1C(C)=O. The fraction of sp³-hybridized carbons (Fsp3) is 0.667. The second-order valence-electron chi connectivity index (χ2n) is 3.30. The van der Waals surface area contributed by atoms with Gasteiger partial charge in [-0.25, -0.2) is 0 Å². The molecule has 1 fully saturated rings. The summed E-state index contributed by atoms with van der Waals surface area (Å²) in [6.07, 6.45) is -0.0953. The molecule has 0 saturated carbocycles. The fourth-order valence-electron chi connectivity index (χ4n) is 1.54. The quantitative estimate of drug-likeness (QED) is 0.592. The minimum atomic E-state index is -0.733. The van der Waals surface area contributed by atoms with Gasteiger partial charge in [-0.15, -0.1) is 0 Å². The summed E-state index contributed by atoms with van der Waals surface area (Å²) in [4.78, 5) is 35.1. The second-order valence-corrected chi connectivity index (χ2v) is 3.30. The van der Waals surface area contributed by atoms with Gasteiger partial charge < -0.3 is 15.0 Å². The first-order chi connectivity index (χ1) is 7.06. The summed E-state index contributed by atoms with van der Waals surface area (Å²) in [5.74, 6) is -1.01. The topological polar surface area (TPSA) is 75.7 Å². The lowest BCUT2D eigenvalue weighted by Crippen LogP contribution is -2.57. The van der Waals surface area contributed by atoms with Crippen LogP contribution < -0.4 is 5.32 Å². The standard InChI is InChI=1S/C9H14N2O4/c1-6(12)11-4-3-10-9(14)7(11)5-8(13)15-2/h7H,3-5H2,1-2H3,(H,10,14). The highest BCUT2D eigenvalue weighted by atomic mass is 16.5. The third-order valence-electron chi connectivity index (χ3n) is 2.32. The number of nitrogens with one attached hydrogen (secondary N) is 1. The van der Waals surface area contributed by atoms with Crippen molar-refractivity contribution in [2.75, 3.05) is 20.2 Å². The van der Waals surface area contributed by atoms with Gasteiger partial charge in [0.05, 0.1) is 13.5 Å². The zero-order chi connectivity index (χ0) is 11.4. The molecule has 0 radical (unpaired) electrons. The third kappa shape index (κ3) is 2.68. The Kier molecular flexibility index (Phi) is 3.65. The second kappa shape index (κ2) is 4.77. The number of nitrogens with zero attached hydrogens (tertiary/aromatic N) is 1. The summed E-state index contributed by atoms with van der Waals surface area (Å²) in [6.45, 7) is 2.24. The van der Waals surface area contributed by atoms with Crippen molar-refractivity contribution in [2.45, 2.75) is 19.4 Å². The van der Waals surface area contributed by atoms with Crippen molar-refractivity contribution in [2.24, 2.45) is 0 Å². The molecule has 1 heterocycles. The van der Waals surface area contributed by atoms with Crippen LogP contribution in [0.15, 0.2) is 0 Å². The molecule has 15 heavy (non-hydrogen) atoms. The predicted molar refractivity (Wildman–Crippen MR) is 50.8 cm³/mol. The Balaban J connectivity index is 2.73. The molecule has 0 bridgehead atoms. The molecule has 6 heteroatoms. The molecule has 1 aliphatic heterocycles. The van der Waals surface area contributed by atoms with Crippen LogP contribution in [0.4, 0.5) is 0 Å². The summed E-state index contributed by atoms with van der Waals surface area (Å²) in [6, 6.07) is -0.733.